The summed E-state index contributed by atoms with van der Waals surface area (Å²) in [7, 11) is 0. The van der Waals surface area contributed by atoms with Gasteiger partial charge >= 0.3 is 5.97 Å². The van der Waals surface area contributed by atoms with Crippen molar-refractivity contribution in [1.82, 2.24) is 9.38 Å². The molecule has 3 aromatic rings. The smallest absolute Gasteiger partial charge is 0.316 e. The summed E-state index contributed by atoms with van der Waals surface area (Å²) < 4.78 is 7.30. The van der Waals surface area contributed by atoms with Gasteiger partial charge in [0.25, 0.3) is 5.56 Å². The largest absolute Gasteiger partial charge is 0.458 e. The average Bonchev–Trinajstić information content (AvgIpc) is 3.42. The highest BCUT2D eigenvalue weighted by Crippen LogP contribution is 2.49. The fourth-order valence-electron chi connectivity index (χ4n) is 3.99. The molecule has 1 aromatic carbocycles. The summed E-state index contributed by atoms with van der Waals surface area (Å²) in [5, 5.41) is 0. The van der Waals surface area contributed by atoms with Crippen LogP contribution in [0.25, 0.3) is 4.96 Å². The van der Waals surface area contributed by atoms with Gasteiger partial charge < -0.3 is 4.74 Å². The predicted octanol–water partition coefficient (Wildman–Crippen LogP) is 3.41. The molecule has 0 N–H and O–H groups in total. The van der Waals surface area contributed by atoms with Gasteiger partial charge in [-0.3, -0.25) is 14.0 Å². The van der Waals surface area contributed by atoms with Gasteiger partial charge in [-0.2, -0.15) is 0 Å². The molecule has 1 fully saturated rings. The van der Waals surface area contributed by atoms with Crippen molar-refractivity contribution in [2.75, 3.05) is 0 Å². The first-order valence-corrected chi connectivity index (χ1v) is 10.2. The Balaban J connectivity index is 1.38. The van der Waals surface area contributed by atoms with Gasteiger partial charge in [-0.15, -0.1) is 11.3 Å². The van der Waals surface area contributed by atoms with Crippen molar-refractivity contribution in [1.29, 1.82) is 0 Å². The summed E-state index contributed by atoms with van der Waals surface area (Å²) in [4.78, 5) is 31.8. The number of ether oxygens (including phenoxy) is 1. The Kier molecular flexibility index (Phi) is 3.90. The quantitative estimate of drug-likeness (QED) is 0.651. The summed E-state index contributed by atoms with van der Waals surface area (Å²) in [6.45, 7) is 0.0434. The van der Waals surface area contributed by atoms with Crippen LogP contribution < -0.4 is 5.56 Å². The van der Waals surface area contributed by atoms with Crippen molar-refractivity contribution in [3.63, 3.8) is 0 Å². The molecule has 27 heavy (non-hydrogen) atoms. The zero-order valence-corrected chi connectivity index (χ0v) is 15.8. The van der Waals surface area contributed by atoms with Crippen LogP contribution in [0.2, 0.25) is 0 Å². The molecule has 2 aliphatic rings. The van der Waals surface area contributed by atoms with E-state index in [-0.39, 0.29) is 18.1 Å². The van der Waals surface area contributed by atoms with Gasteiger partial charge in [0.2, 0.25) is 0 Å². The molecule has 2 aromatic heterocycles. The second kappa shape index (κ2) is 6.30. The minimum absolute atomic E-state index is 0.0434. The maximum absolute atomic E-state index is 12.7. The summed E-state index contributed by atoms with van der Waals surface area (Å²) in [6.07, 6.45) is 5.86. The number of nitrogens with zero attached hydrogens (tertiary/aromatic N) is 2. The molecule has 5 rings (SSSR count). The summed E-state index contributed by atoms with van der Waals surface area (Å²) in [5.41, 5.74) is 2.06. The van der Waals surface area contributed by atoms with E-state index in [1.165, 1.54) is 17.4 Å². The van der Waals surface area contributed by atoms with Crippen molar-refractivity contribution < 1.29 is 9.53 Å². The number of rotatable bonds is 4. The first-order chi connectivity index (χ1) is 13.2. The highest BCUT2D eigenvalue weighted by Gasteiger charge is 2.52. The second-order valence-electron chi connectivity index (χ2n) is 7.41. The number of carbonyl (C=O) groups is 1. The lowest BCUT2D eigenvalue weighted by atomic mass is 9.96. The number of esters is 1. The third-order valence-corrected chi connectivity index (χ3v) is 6.78. The maximum Gasteiger partial charge on any atom is 0.316 e. The van der Waals surface area contributed by atoms with E-state index < -0.39 is 5.41 Å². The van der Waals surface area contributed by atoms with Crippen molar-refractivity contribution >= 4 is 22.3 Å². The molecule has 0 saturated heterocycles. The third-order valence-electron chi connectivity index (χ3n) is 5.63. The molecule has 0 aliphatic heterocycles. The van der Waals surface area contributed by atoms with Crippen LogP contribution in [0.4, 0.5) is 0 Å². The molecular formula is C21H20N2O3S. The van der Waals surface area contributed by atoms with Crippen LogP contribution in [-0.2, 0) is 34.4 Å². The number of benzene rings is 1. The Morgan fingerprint density at radius 1 is 1.19 bits per heavy atom. The monoisotopic (exact) mass is 380 g/mol. The SMILES string of the molecule is O=C(OCc1cc(=O)n2c3c(sc2n1)CCCC3)C1(c2ccccc2)CC1. The number of aryl methyl sites for hydroxylation is 2. The summed E-state index contributed by atoms with van der Waals surface area (Å²) in [6, 6.07) is 11.3. The van der Waals surface area contributed by atoms with E-state index in [9.17, 15) is 9.59 Å². The Morgan fingerprint density at radius 2 is 1.96 bits per heavy atom. The maximum atomic E-state index is 12.7. The van der Waals surface area contributed by atoms with Crippen LogP contribution in [0, 0.1) is 0 Å². The van der Waals surface area contributed by atoms with E-state index in [1.54, 1.807) is 15.7 Å². The zero-order valence-electron chi connectivity index (χ0n) is 14.9. The Labute approximate surface area is 160 Å². The highest BCUT2D eigenvalue weighted by atomic mass is 32.1. The highest BCUT2D eigenvalue weighted by molar-refractivity contribution is 7.17. The van der Waals surface area contributed by atoms with Gasteiger partial charge in [0.1, 0.15) is 6.61 Å². The van der Waals surface area contributed by atoms with E-state index >= 15 is 0 Å². The van der Waals surface area contributed by atoms with E-state index in [1.807, 2.05) is 30.3 Å². The van der Waals surface area contributed by atoms with E-state index in [0.29, 0.717) is 10.7 Å². The molecule has 0 atom stereocenters. The standard InChI is InChI=1S/C21H20N2O3S/c24-18-12-15(22-20-23(18)16-8-4-5-9-17(16)27-20)13-26-19(25)21(10-11-21)14-6-2-1-3-7-14/h1-3,6-7,12H,4-5,8-11,13H2. The normalized spacial score (nSPS) is 17.5. The summed E-state index contributed by atoms with van der Waals surface area (Å²) in [5.74, 6) is -0.221. The van der Waals surface area contributed by atoms with Gasteiger partial charge in [0.05, 0.1) is 11.1 Å². The van der Waals surface area contributed by atoms with Crippen molar-refractivity contribution in [2.24, 2.45) is 0 Å². The molecule has 0 spiro atoms. The fourth-order valence-corrected chi connectivity index (χ4v) is 5.22. The number of carbonyl (C=O) groups excluding carboxylic acids is 1. The molecule has 6 heteroatoms. The first kappa shape index (κ1) is 16.7. The van der Waals surface area contributed by atoms with Gasteiger partial charge in [0, 0.05) is 16.6 Å². The van der Waals surface area contributed by atoms with Crippen molar-refractivity contribution in [2.45, 2.75) is 50.5 Å². The lowest BCUT2D eigenvalue weighted by Gasteiger charge is -2.14. The first-order valence-electron chi connectivity index (χ1n) is 9.43. The number of hydrogen-bond acceptors (Lipinski definition) is 5. The van der Waals surface area contributed by atoms with Crippen LogP contribution in [0.15, 0.2) is 41.2 Å². The van der Waals surface area contributed by atoms with E-state index in [0.717, 1.165) is 43.4 Å². The van der Waals surface area contributed by atoms with Crippen LogP contribution in [0.5, 0.6) is 0 Å². The molecule has 2 aliphatic carbocycles. The molecular weight excluding hydrogens is 360 g/mol. The Bertz CT molecular complexity index is 1080. The lowest BCUT2D eigenvalue weighted by molar-refractivity contribution is -0.148. The number of hydrogen-bond donors (Lipinski definition) is 0. The van der Waals surface area contributed by atoms with Crippen molar-refractivity contribution in [3.05, 3.63) is 68.6 Å². The molecule has 2 heterocycles. The lowest BCUT2D eigenvalue weighted by Crippen LogP contribution is -2.24. The molecule has 5 nitrogen and oxygen atoms in total. The molecule has 1 saturated carbocycles. The van der Waals surface area contributed by atoms with Crippen molar-refractivity contribution in [3.8, 4) is 0 Å². The van der Waals surface area contributed by atoms with Crippen LogP contribution in [-0.4, -0.2) is 15.4 Å². The third kappa shape index (κ3) is 2.79. The topological polar surface area (TPSA) is 60.7 Å². The minimum Gasteiger partial charge on any atom is -0.458 e. The summed E-state index contributed by atoms with van der Waals surface area (Å²) >= 11 is 1.59. The van der Waals surface area contributed by atoms with E-state index in [2.05, 4.69) is 4.98 Å². The van der Waals surface area contributed by atoms with Crippen LogP contribution in [0.1, 0.15) is 47.5 Å². The van der Waals surface area contributed by atoms with Gasteiger partial charge in [0.15, 0.2) is 4.96 Å². The van der Waals surface area contributed by atoms with Crippen LogP contribution >= 0.6 is 11.3 Å². The molecule has 0 unspecified atom stereocenters. The Hall–Kier alpha value is -2.47. The van der Waals surface area contributed by atoms with Gasteiger partial charge in [-0.05, 0) is 44.1 Å². The fraction of sp³-hybridized carbons (Fsp3) is 0.381. The number of thiazole rings is 1. The number of aromatic nitrogens is 2. The van der Waals surface area contributed by atoms with Gasteiger partial charge in [-0.25, -0.2) is 4.98 Å². The molecule has 0 bridgehead atoms. The molecule has 138 valence electrons. The van der Waals surface area contributed by atoms with Gasteiger partial charge in [-0.1, -0.05) is 30.3 Å². The average molecular weight is 380 g/mol. The second-order valence-corrected chi connectivity index (χ2v) is 8.47. The van der Waals surface area contributed by atoms with Crippen LogP contribution in [0.3, 0.4) is 0 Å². The van der Waals surface area contributed by atoms with E-state index in [4.69, 9.17) is 4.74 Å². The number of fused-ring (bicyclic) bond motifs is 3. The Morgan fingerprint density at radius 3 is 2.74 bits per heavy atom. The zero-order chi connectivity index (χ0) is 18.4. The minimum atomic E-state index is -0.511. The molecule has 0 amide bonds. The molecule has 0 radical (unpaired) electrons. The predicted molar refractivity (Wildman–Crippen MR) is 103 cm³/mol.